The van der Waals surface area contributed by atoms with E-state index in [0.717, 1.165) is 31.1 Å². The van der Waals surface area contributed by atoms with Gasteiger partial charge in [-0.15, -0.1) is 0 Å². The topological polar surface area (TPSA) is 126 Å². The standard InChI is InChI=1S/C26H29N3O6S/c1-18(22-16-19-8-4-5-9-23(19)28-25(22)31)26(32)35-17-24(30)27-20-10-12-21(13-11-20)36(33,34)29-14-6-2-3-7-15-29/h4-5,8-13,16,18H,2-3,6-7,14-15,17H2,1H3,(H,27,30)(H,28,31). The van der Waals surface area contributed by atoms with Crippen molar-refractivity contribution < 1.29 is 22.7 Å². The lowest BCUT2D eigenvalue weighted by atomic mass is 10.0. The van der Waals surface area contributed by atoms with Gasteiger partial charge in [-0.05, 0) is 61.5 Å². The molecule has 36 heavy (non-hydrogen) atoms. The number of anilines is 1. The van der Waals surface area contributed by atoms with Crippen molar-refractivity contribution in [3.8, 4) is 0 Å². The Hall–Kier alpha value is -3.50. The number of para-hydroxylation sites is 1. The van der Waals surface area contributed by atoms with Gasteiger partial charge in [-0.2, -0.15) is 4.31 Å². The number of pyridine rings is 1. The van der Waals surface area contributed by atoms with Crippen LogP contribution < -0.4 is 10.9 Å². The van der Waals surface area contributed by atoms with Crippen LogP contribution in [0, 0.1) is 0 Å². The highest BCUT2D eigenvalue weighted by Crippen LogP contribution is 2.22. The van der Waals surface area contributed by atoms with Crippen molar-refractivity contribution in [2.24, 2.45) is 0 Å². The maximum atomic E-state index is 12.9. The number of aromatic nitrogens is 1. The number of benzene rings is 2. The second kappa shape index (κ2) is 11.0. The molecule has 9 nitrogen and oxygen atoms in total. The highest BCUT2D eigenvalue weighted by molar-refractivity contribution is 7.89. The number of H-pyrrole nitrogens is 1. The maximum absolute atomic E-state index is 12.9. The number of nitrogens with one attached hydrogen (secondary N) is 2. The molecule has 1 aliphatic rings. The number of fused-ring (bicyclic) bond motifs is 1. The monoisotopic (exact) mass is 511 g/mol. The first-order valence-corrected chi connectivity index (χ1v) is 13.4. The lowest BCUT2D eigenvalue weighted by Crippen LogP contribution is -2.31. The molecule has 2 heterocycles. The van der Waals surface area contributed by atoms with E-state index in [0.29, 0.717) is 24.3 Å². The average molecular weight is 512 g/mol. The van der Waals surface area contributed by atoms with Crippen LogP contribution in [0.4, 0.5) is 5.69 Å². The number of rotatable bonds is 7. The van der Waals surface area contributed by atoms with Crippen LogP contribution in [-0.4, -0.2) is 49.3 Å². The molecule has 0 radical (unpaired) electrons. The van der Waals surface area contributed by atoms with Gasteiger partial charge in [0.25, 0.3) is 11.5 Å². The minimum atomic E-state index is -3.58. The van der Waals surface area contributed by atoms with Gasteiger partial charge in [-0.25, -0.2) is 8.42 Å². The van der Waals surface area contributed by atoms with E-state index >= 15 is 0 Å². The molecule has 0 bridgehead atoms. The van der Waals surface area contributed by atoms with Crippen LogP contribution in [0.25, 0.3) is 10.9 Å². The van der Waals surface area contributed by atoms with E-state index in [9.17, 15) is 22.8 Å². The van der Waals surface area contributed by atoms with Crippen LogP contribution in [0.5, 0.6) is 0 Å². The van der Waals surface area contributed by atoms with E-state index in [1.165, 1.54) is 28.6 Å². The smallest absolute Gasteiger partial charge is 0.313 e. The Bertz CT molecular complexity index is 1410. The Morgan fingerprint density at radius 3 is 2.39 bits per heavy atom. The second-order valence-electron chi connectivity index (χ2n) is 8.86. The number of hydrogen-bond donors (Lipinski definition) is 2. The number of carbonyl (C=O) groups excluding carboxylic acids is 2. The van der Waals surface area contributed by atoms with Gasteiger partial charge in [0.15, 0.2) is 6.61 Å². The minimum Gasteiger partial charge on any atom is -0.455 e. The summed E-state index contributed by atoms with van der Waals surface area (Å²) in [5.41, 5.74) is 0.902. The van der Waals surface area contributed by atoms with E-state index in [4.69, 9.17) is 4.74 Å². The molecule has 1 fully saturated rings. The fraction of sp³-hybridized carbons (Fsp3) is 0.346. The summed E-state index contributed by atoms with van der Waals surface area (Å²) < 4.78 is 32.4. The summed E-state index contributed by atoms with van der Waals surface area (Å²) in [6, 6.07) is 14.8. The van der Waals surface area contributed by atoms with Gasteiger partial charge in [-0.3, -0.25) is 14.4 Å². The van der Waals surface area contributed by atoms with Crippen LogP contribution in [0.1, 0.15) is 44.1 Å². The number of nitrogens with zero attached hydrogens (tertiary/aromatic N) is 1. The van der Waals surface area contributed by atoms with Crippen molar-refractivity contribution in [1.29, 1.82) is 0 Å². The van der Waals surface area contributed by atoms with Gasteiger partial charge in [0.1, 0.15) is 0 Å². The van der Waals surface area contributed by atoms with E-state index in [1.807, 2.05) is 12.1 Å². The number of ether oxygens (including phenoxy) is 1. The quantitative estimate of drug-likeness (QED) is 0.469. The van der Waals surface area contributed by atoms with Crippen molar-refractivity contribution in [2.45, 2.75) is 43.4 Å². The number of sulfonamides is 1. The summed E-state index contributed by atoms with van der Waals surface area (Å²) >= 11 is 0. The minimum absolute atomic E-state index is 0.170. The van der Waals surface area contributed by atoms with Gasteiger partial charge in [0.05, 0.1) is 10.8 Å². The molecule has 1 amide bonds. The molecular formula is C26H29N3O6S. The molecule has 1 aromatic heterocycles. The largest absolute Gasteiger partial charge is 0.455 e. The zero-order valence-corrected chi connectivity index (χ0v) is 20.8. The van der Waals surface area contributed by atoms with E-state index in [1.54, 1.807) is 25.1 Å². The van der Waals surface area contributed by atoms with Crippen LogP contribution in [0.2, 0.25) is 0 Å². The molecule has 0 aliphatic carbocycles. The Balaban J connectivity index is 1.33. The molecule has 4 rings (SSSR count). The predicted octanol–water partition coefficient (Wildman–Crippen LogP) is 3.38. The first-order chi connectivity index (χ1) is 17.3. The molecule has 10 heteroatoms. The summed E-state index contributed by atoms with van der Waals surface area (Å²) in [6.07, 6.45) is 3.75. The van der Waals surface area contributed by atoms with Gasteiger partial charge in [0, 0.05) is 29.9 Å². The normalized spacial score (nSPS) is 15.7. The van der Waals surface area contributed by atoms with Crippen molar-refractivity contribution in [3.63, 3.8) is 0 Å². The third-order valence-corrected chi connectivity index (χ3v) is 8.20. The molecule has 2 aromatic carbocycles. The highest BCUT2D eigenvalue weighted by Gasteiger charge is 2.25. The number of hydrogen-bond acceptors (Lipinski definition) is 6. The summed E-state index contributed by atoms with van der Waals surface area (Å²) in [5.74, 6) is -2.15. The van der Waals surface area contributed by atoms with Crippen molar-refractivity contribution in [1.82, 2.24) is 9.29 Å². The fourth-order valence-electron chi connectivity index (χ4n) is 4.21. The summed E-state index contributed by atoms with van der Waals surface area (Å²) in [6.45, 7) is 2.02. The average Bonchev–Trinajstić information content (AvgIpc) is 3.17. The number of esters is 1. The molecule has 190 valence electrons. The maximum Gasteiger partial charge on any atom is 0.313 e. The number of carbonyl (C=O) groups is 2. The molecule has 1 unspecified atom stereocenters. The second-order valence-corrected chi connectivity index (χ2v) is 10.8. The SMILES string of the molecule is CC(C(=O)OCC(=O)Nc1ccc(S(=O)(=O)N2CCCCCC2)cc1)c1cc2ccccc2[nH]c1=O. The van der Waals surface area contributed by atoms with Crippen molar-refractivity contribution >= 4 is 38.5 Å². The molecule has 1 aliphatic heterocycles. The van der Waals surface area contributed by atoms with Gasteiger partial charge in [0.2, 0.25) is 10.0 Å². The van der Waals surface area contributed by atoms with Gasteiger partial charge in [-0.1, -0.05) is 31.0 Å². The van der Waals surface area contributed by atoms with Gasteiger partial charge >= 0.3 is 5.97 Å². The lowest BCUT2D eigenvalue weighted by Gasteiger charge is -2.20. The first kappa shape index (κ1) is 25.6. The third kappa shape index (κ3) is 5.83. The Labute approximate surface area is 209 Å². The molecule has 0 spiro atoms. The van der Waals surface area contributed by atoms with Gasteiger partial charge < -0.3 is 15.0 Å². The molecular weight excluding hydrogens is 482 g/mol. The van der Waals surface area contributed by atoms with E-state index in [2.05, 4.69) is 10.3 Å². The Kier molecular flexibility index (Phi) is 7.85. The molecule has 1 atom stereocenters. The molecule has 2 N–H and O–H groups in total. The third-order valence-electron chi connectivity index (χ3n) is 6.29. The Morgan fingerprint density at radius 1 is 1.03 bits per heavy atom. The van der Waals surface area contributed by atoms with Crippen LogP contribution in [-0.2, 0) is 24.3 Å². The van der Waals surface area contributed by atoms with E-state index in [-0.39, 0.29) is 10.5 Å². The lowest BCUT2D eigenvalue weighted by molar-refractivity contribution is -0.148. The molecule has 1 saturated heterocycles. The van der Waals surface area contributed by atoms with Crippen LogP contribution in [0.3, 0.4) is 0 Å². The summed E-state index contributed by atoms with van der Waals surface area (Å²) in [7, 11) is -3.58. The van der Waals surface area contributed by atoms with E-state index < -0.39 is 40.0 Å². The Morgan fingerprint density at radius 2 is 1.69 bits per heavy atom. The highest BCUT2D eigenvalue weighted by atomic mass is 32.2. The fourth-order valence-corrected chi connectivity index (χ4v) is 5.73. The summed E-state index contributed by atoms with van der Waals surface area (Å²) in [5, 5.41) is 3.37. The van der Waals surface area contributed by atoms with Crippen LogP contribution >= 0.6 is 0 Å². The molecule has 3 aromatic rings. The number of amides is 1. The van der Waals surface area contributed by atoms with Crippen molar-refractivity contribution in [3.05, 3.63) is 70.5 Å². The first-order valence-electron chi connectivity index (χ1n) is 11.9. The number of aromatic amines is 1. The molecule has 0 saturated carbocycles. The zero-order valence-electron chi connectivity index (χ0n) is 20.0. The van der Waals surface area contributed by atoms with Crippen LogP contribution in [0.15, 0.2) is 64.3 Å². The van der Waals surface area contributed by atoms with Crippen molar-refractivity contribution in [2.75, 3.05) is 25.0 Å². The summed E-state index contributed by atoms with van der Waals surface area (Å²) in [4.78, 5) is 40.1. The zero-order chi connectivity index (χ0) is 25.7. The predicted molar refractivity (Wildman–Crippen MR) is 136 cm³/mol.